The van der Waals surface area contributed by atoms with Crippen LogP contribution >= 0.6 is 0 Å². The molecule has 1 amide bonds. The number of carbonyl (C=O) groups excluding carboxylic acids is 1. The largest absolute Gasteiger partial charge is 0.494 e. The van der Waals surface area contributed by atoms with Crippen molar-refractivity contribution in [3.8, 4) is 5.75 Å². The molecule has 0 aliphatic heterocycles. The Morgan fingerprint density at radius 1 is 1.44 bits per heavy atom. The maximum Gasteiger partial charge on any atom is 0.224 e. The summed E-state index contributed by atoms with van der Waals surface area (Å²) in [6, 6.07) is 1.77. The Morgan fingerprint density at radius 3 is 2.67 bits per heavy atom. The zero-order valence-electron chi connectivity index (χ0n) is 10.3. The van der Waals surface area contributed by atoms with Crippen LogP contribution in [0.15, 0.2) is 12.1 Å². The van der Waals surface area contributed by atoms with Crippen molar-refractivity contribution in [2.24, 2.45) is 11.7 Å². The number of carbonyl (C=O) groups is 1. The normalized spacial score (nSPS) is 12.1. The zero-order valence-corrected chi connectivity index (χ0v) is 10.3. The third-order valence-corrected chi connectivity index (χ3v) is 2.45. The number of ether oxygens (including phenoxy) is 1. The Hall–Kier alpha value is -1.69. The SMILES string of the molecule is COc1cc(F)c(NC(=O)CC(C)CN)cc1F. The van der Waals surface area contributed by atoms with Crippen molar-refractivity contribution in [3.63, 3.8) is 0 Å². The van der Waals surface area contributed by atoms with Gasteiger partial charge >= 0.3 is 0 Å². The van der Waals surface area contributed by atoms with Gasteiger partial charge in [0.25, 0.3) is 0 Å². The summed E-state index contributed by atoms with van der Waals surface area (Å²) in [6.07, 6.45) is 0.156. The lowest BCUT2D eigenvalue weighted by atomic mass is 10.1. The topological polar surface area (TPSA) is 64.3 Å². The maximum absolute atomic E-state index is 13.5. The van der Waals surface area contributed by atoms with Gasteiger partial charge in [-0.1, -0.05) is 6.92 Å². The molecule has 0 aliphatic rings. The highest BCUT2D eigenvalue weighted by Gasteiger charge is 2.14. The lowest BCUT2D eigenvalue weighted by molar-refractivity contribution is -0.116. The molecule has 0 aromatic heterocycles. The minimum Gasteiger partial charge on any atom is -0.494 e. The number of rotatable bonds is 5. The number of anilines is 1. The first kappa shape index (κ1) is 14.4. The lowest BCUT2D eigenvalue weighted by Gasteiger charge is -2.11. The number of benzene rings is 1. The van der Waals surface area contributed by atoms with Crippen molar-refractivity contribution in [1.29, 1.82) is 0 Å². The fraction of sp³-hybridized carbons (Fsp3) is 0.417. The molecular weight excluding hydrogens is 242 g/mol. The molecule has 1 unspecified atom stereocenters. The zero-order chi connectivity index (χ0) is 13.7. The van der Waals surface area contributed by atoms with Crippen LogP contribution in [-0.2, 0) is 4.79 Å². The van der Waals surface area contributed by atoms with E-state index in [4.69, 9.17) is 5.73 Å². The van der Waals surface area contributed by atoms with Gasteiger partial charge in [-0.2, -0.15) is 0 Å². The molecule has 0 radical (unpaired) electrons. The standard InChI is InChI=1S/C12H16F2N2O2/c1-7(6-15)3-12(17)16-10-4-9(14)11(18-2)5-8(10)13/h4-5,7H,3,6,15H2,1-2H3,(H,16,17). The van der Waals surface area contributed by atoms with Crippen molar-refractivity contribution in [1.82, 2.24) is 0 Å². The van der Waals surface area contributed by atoms with Gasteiger partial charge in [-0.15, -0.1) is 0 Å². The minimum absolute atomic E-state index is 0.0174. The molecule has 3 N–H and O–H groups in total. The van der Waals surface area contributed by atoms with Gasteiger partial charge < -0.3 is 15.8 Å². The first-order chi connectivity index (χ1) is 8.47. The van der Waals surface area contributed by atoms with Crippen LogP contribution < -0.4 is 15.8 Å². The second kappa shape index (κ2) is 6.30. The summed E-state index contributed by atoms with van der Waals surface area (Å²) in [6.45, 7) is 2.15. The third-order valence-electron chi connectivity index (χ3n) is 2.45. The van der Waals surface area contributed by atoms with Gasteiger partial charge in [0.05, 0.1) is 12.8 Å². The van der Waals surface area contributed by atoms with Crippen LogP contribution in [0.1, 0.15) is 13.3 Å². The van der Waals surface area contributed by atoms with Crippen LogP contribution in [0.4, 0.5) is 14.5 Å². The highest BCUT2D eigenvalue weighted by molar-refractivity contribution is 5.91. The average Bonchev–Trinajstić information content (AvgIpc) is 2.33. The summed E-state index contributed by atoms with van der Waals surface area (Å²) in [4.78, 5) is 11.5. The molecule has 1 aromatic rings. The first-order valence-electron chi connectivity index (χ1n) is 5.50. The summed E-state index contributed by atoms with van der Waals surface area (Å²) in [5.41, 5.74) is 5.17. The molecule has 18 heavy (non-hydrogen) atoms. The number of amides is 1. The van der Waals surface area contributed by atoms with Crippen LogP contribution in [0.3, 0.4) is 0 Å². The highest BCUT2D eigenvalue weighted by Crippen LogP contribution is 2.24. The second-order valence-corrected chi connectivity index (χ2v) is 4.06. The smallest absolute Gasteiger partial charge is 0.224 e. The van der Waals surface area contributed by atoms with E-state index in [9.17, 15) is 13.6 Å². The van der Waals surface area contributed by atoms with E-state index in [1.807, 2.05) is 0 Å². The number of nitrogens with one attached hydrogen (secondary N) is 1. The lowest BCUT2D eigenvalue weighted by Crippen LogP contribution is -2.20. The molecule has 0 fully saturated rings. The summed E-state index contributed by atoms with van der Waals surface area (Å²) >= 11 is 0. The monoisotopic (exact) mass is 258 g/mol. The van der Waals surface area contributed by atoms with E-state index >= 15 is 0 Å². The number of nitrogens with two attached hydrogens (primary N) is 1. The summed E-state index contributed by atoms with van der Waals surface area (Å²) < 4.78 is 31.5. The molecule has 0 saturated heterocycles. The Kier molecular flexibility index (Phi) is 5.03. The summed E-state index contributed by atoms with van der Waals surface area (Å²) in [5.74, 6) is -2.11. The third kappa shape index (κ3) is 3.66. The van der Waals surface area contributed by atoms with Crippen LogP contribution in [0.2, 0.25) is 0 Å². The van der Waals surface area contributed by atoms with Gasteiger partial charge in [-0.3, -0.25) is 4.79 Å². The maximum atomic E-state index is 13.5. The molecule has 1 aromatic carbocycles. The molecule has 0 bridgehead atoms. The molecule has 0 aliphatic carbocycles. The number of hydrogen-bond acceptors (Lipinski definition) is 3. The number of methoxy groups -OCH3 is 1. The van der Waals surface area contributed by atoms with Crippen molar-refractivity contribution >= 4 is 11.6 Å². The van der Waals surface area contributed by atoms with Crippen LogP contribution in [0.5, 0.6) is 5.75 Å². The van der Waals surface area contributed by atoms with Crippen molar-refractivity contribution in [2.75, 3.05) is 19.0 Å². The van der Waals surface area contributed by atoms with Gasteiger partial charge in [-0.05, 0) is 12.5 Å². The Labute approximate surface area is 104 Å². The first-order valence-corrected chi connectivity index (χ1v) is 5.50. The van der Waals surface area contributed by atoms with E-state index in [1.165, 1.54) is 7.11 Å². The molecule has 1 atom stereocenters. The van der Waals surface area contributed by atoms with E-state index in [2.05, 4.69) is 10.1 Å². The number of hydrogen-bond donors (Lipinski definition) is 2. The van der Waals surface area contributed by atoms with Gasteiger partial charge in [0.1, 0.15) is 0 Å². The van der Waals surface area contributed by atoms with E-state index in [1.54, 1.807) is 6.92 Å². The van der Waals surface area contributed by atoms with Crippen molar-refractivity contribution < 1.29 is 18.3 Å². The Balaban J connectivity index is 2.79. The Morgan fingerprint density at radius 2 is 2.11 bits per heavy atom. The highest BCUT2D eigenvalue weighted by atomic mass is 19.1. The van der Waals surface area contributed by atoms with Crippen LogP contribution in [0.25, 0.3) is 0 Å². The van der Waals surface area contributed by atoms with Crippen LogP contribution in [0, 0.1) is 17.6 Å². The fourth-order valence-electron chi connectivity index (χ4n) is 1.38. The average molecular weight is 258 g/mol. The molecule has 100 valence electrons. The van der Waals surface area contributed by atoms with E-state index in [-0.39, 0.29) is 23.8 Å². The molecule has 0 spiro atoms. The predicted molar refractivity (Wildman–Crippen MR) is 64.4 cm³/mol. The fourth-order valence-corrected chi connectivity index (χ4v) is 1.38. The molecule has 1 rings (SSSR count). The Bertz CT molecular complexity index is 438. The molecule has 0 saturated carbocycles. The second-order valence-electron chi connectivity index (χ2n) is 4.06. The predicted octanol–water partition coefficient (Wildman–Crippen LogP) is 1.90. The van der Waals surface area contributed by atoms with Crippen molar-refractivity contribution in [3.05, 3.63) is 23.8 Å². The summed E-state index contributed by atoms with van der Waals surface area (Å²) in [5, 5.41) is 2.30. The molecule has 0 heterocycles. The number of halogens is 2. The van der Waals surface area contributed by atoms with E-state index in [0.29, 0.717) is 6.54 Å². The minimum atomic E-state index is -0.748. The van der Waals surface area contributed by atoms with Gasteiger partial charge in [0, 0.05) is 18.6 Å². The van der Waals surface area contributed by atoms with Gasteiger partial charge in [0.15, 0.2) is 17.4 Å². The van der Waals surface area contributed by atoms with Crippen molar-refractivity contribution in [2.45, 2.75) is 13.3 Å². The van der Waals surface area contributed by atoms with E-state index in [0.717, 1.165) is 12.1 Å². The van der Waals surface area contributed by atoms with Gasteiger partial charge in [0.2, 0.25) is 5.91 Å². The van der Waals surface area contributed by atoms with E-state index < -0.39 is 17.5 Å². The van der Waals surface area contributed by atoms with Gasteiger partial charge in [-0.25, -0.2) is 8.78 Å². The molecule has 6 heteroatoms. The van der Waals surface area contributed by atoms with Crippen LogP contribution in [-0.4, -0.2) is 19.6 Å². The summed E-state index contributed by atoms with van der Waals surface area (Å²) in [7, 11) is 1.24. The molecular formula is C12H16F2N2O2. The molecule has 4 nitrogen and oxygen atoms in total. The quantitative estimate of drug-likeness (QED) is 0.847.